The molecule has 0 fully saturated rings. The van der Waals surface area contributed by atoms with Crippen molar-refractivity contribution in [2.24, 2.45) is 0 Å². The summed E-state index contributed by atoms with van der Waals surface area (Å²) in [6, 6.07) is 4.03. The van der Waals surface area contributed by atoms with Gasteiger partial charge in [-0.1, -0.05) is 39.7 Å². The largest absolute Gasteiger partial charge is 0.264 e. The van der Waals surface area contributed by atoms with Crippen molar-refractivity contribution in [3.8, 4) is 0 Å². The lowest BCUT2D eigenvalue weighted by Crippen LogP contribution is -1.77. The van der Waals surface area contributed by atoms with Gasteiger partial charge < -0.3 is 0 Å². The molecule has 1 aromatic heterocycles. The van der Waals surface area contributed by atoms with Crippen LogP contribution in [-0.4, -0.2) is 4.98 Å². The molecule has 0 aliphatic heterocycles. The number of pyridine rings is 1. The third kappa shape index (κ3) is 5.90. The van der Waals surface area contributed by atoms with Crippen molar-refractivity contribution in [3.05, 3.63) is 30.1 Å². The van der Waals surface area contributed by atoms with E-state index in [9.17, 15) is 0 Å². The van der Waals surface area contributed by atoms with Crippen molar-refractivity contribution in [1.29, 1.82) is 0 Å². The van der Waals surface area contributed by atoms with Crippen LogP contribution in [0.3, 0.4) is 0 Å². The van der Waals surface area contributed by atoms with E-state index in [1.165, 1.54) is 18.4 Å². The van der Waals surface area contributed by atoms with E-state index in [0.717, 1.165) is 6.42 Å². The summed E-state index contributed by atoms with van der Waals surface area (Å²) in [6.07, 6.45) is 7.40. The van der Waals surface area contributed by atoms with Gasteiger partial charge >= 0.3 is 0 Å². The minimum Gasteiger partial charge on any atom is -0.264 e. The summed E-state index contributed by atoms with van der Waals surface area (Å²) in [5.74, 6) is 0. The second-order valence-electron chi connectivity index (χ2n) is 2.71. The maximum Gasteiger partial charge on any atom is 0.0299 e. The van der Waals surface area contributed by atoms with Crippen LogP contribution < -0.4 is 0 Å². The quantitative estimate of drug-likeness (QED) is 0.654. The first kappa shape index (κ1) is 11.2. The Balaban J connectivity index is 0.000000261. The summed E-state index contributed by atoms with van der Waals surface area (Å²) >= 11 is 0. The first-order chi connectivity index (χ1) is 5.85. The second-order valence-corrected chi connectivity index (χ2v) is 2.71. The van der Waals surface area contributed by atoms with Crippen LogP contribution in [0.15, 0.2) is 24.5 Å². The van der Waals surface area contributed by atoms with Gasteiger partial charge in [0.05, 0.1) is 0 Å². The Bertz CT molecular complexity index is 168. The Labute approximate surface area is 75.8 Å². The highest BCUT2D eigenvalue weighted by Gasteiger charge is 1.81. The van der Waals surface area contributed by atoms with Crippen molar-refractivity contribution in [1.82, 2.24) is 4.98 Å². The molecule has 0 unspecified atom stereocenters. The van der Waals surface area contributed by atoms with Gasteiger partial charge in [-0.15, -0.1) is 0 Å². The zero-order valence-corrected chi connectivity index (χ0v) is 8.38. The topological polar surface area (TPSA) is 12.9 Å². The van der Waals surface area contributed by atoms with Crippen LogP contribution in [0, 0.1) is 0 Å². The zero-order chi connectivity index (χ0) is 9.23. The molecule has 0 saturated carbocycles. The highest BCUT2D eigenvalue weighted by molar-refractivity contribution is 5.07. The zero-order valence-electron chi connectivity index (χ0n) is 8.38. The van der Waals surface area contributed by atoms with E-state index >= 15 is 0 Å². The molecule has 0 bridgehead atoms. The summed E-state index contributed by atoms with van der Waals surface area (Å²) in [5.41, 5.74) is 1.30. The van der Waals surface area contributed by atoms with Gasteiger partial charge in [-0.2, -0.15) is 0 Å². The smallest absolute Gasteiger partial charge is 0.0299 e. The van der Waals surface area contributed by atoms with Crippen LogP contribution in [0.4, 0.5) is 0 Å². The molecule has 0 radical (unpaired) electrons. The SMILES string of the molecule is CCCC.CCc1cccnc1. The van der Waals surface area contributed by atoms with E-state index < -0.39 is 0 Å². The molecule has 1 heterocycles. The van der Waals surface area contributed by atoms with Gasteiger partial charge in [0.1, 0.15) is 0 Å². The first-order valence-electron chi connectivity index (χ1n) is 4.74. The maximum absolute atomic E-state index is 3.96. The van der Waals surface area contributed by atoms with Gasteiger partial charge in [0.15, 0.2) is 0 Å². The molecule has 68 valence electrons. The standard InChI is InChI=1S/C7H9N.C4H10/c1-2-7-4-3-5-8-6-7;1-3-4-2/h3-6H,2H2,1H3;3-4H2,1-2H3. The molecule has 1 aromatic rings. The molecular formula is C11H19N. The molecule has 1 nitrogen and oxygen atoms in total. The molecule has 12 heavy (non-hydrogen) atoms. The molecule has 0 aliphatic rings. The van der Waals surface area contributed by atoms with E-state index in [2.05, 4.69) is 31.8 Å². The van der Waals surface area contributed by atoms with Gasteiger partial charge in [0.25, 0.3) is 0 Å². The van der Waals surface area contributed by atoms with Crippen molar-refractivity contribution >= 4 is 0 Å². The third-order valence-corrected chi connectivity index (χ3v) is 1.63. The minimum absolute atomic E-state index is 1.08. The monoisotopic (exact) mass is 165 g/mol. The van der Waals surface area contributed by atoms with Crippen molar-refractivity contribution in [2.75, 3.05) is 0 Å². The van der Waals surface area contributed by atoms with E-state index in [4.69, 9.17) is 0 Å². The highest BCUT2D eigenvalue weighted by atomic mass is 14.6. The predicted molar refractivity (Wildman–Crippen MR) is 54.2 cm³/mol. The Hall–Kier alpha value is -0.850. The van der Waals surface area contributed by atoms with Crippen LogP contribution in [-0.2, 0) is 6.42 Å². The second kappa shape index (κ2) is 8.25. The number of aromatic nitrogens is 1. The number of rotatable bonds is 2. The van der Waals surface area contributed by atoms with E-state index in [-0.39, 0.29) is 0 Å². The summed E-state index contributed by atoms with van der Waals surface area (Å²) in [5, 5.41) is 0. The Morgan fingerprint density at radius 1 is 1.17 bits per heavy atom. The molecule has 0 atom stereocenters. The lowest BCUT2D eigenvalue weighted by Gasteiger charge is -1.88. The molecular weight excluding hydrogens is 146 g/mol. The van der Waals surface area contributed by atoms with Gasteiger partial charge in [0.2, 0.25) is 0 Å². The van der Waals surface area contributed by atoms with Crippen molar-refractivity contribution < 1.29 is 0 Å². The average molecular weight is 165 g/mol. The fraction of sp³-hybridized carbons (Fsp3) is 0.545. The predicted octanol–water partition coefficient (Wildman–Crippen LogP) is 3.45. The Morgan fingerprint density at radius 3 is 2.08 bits per heavy atom. The number of aryl methyl sites for hydroxylation is 1. The summed E-state index contributed by atoms with van der Waals surface area (Å²) in [7, 11) is 0. The normalized spacial score (nSPS) is 8.58. The number of unbranched alkanes of at least 4 members (excludes halogenated alkanes) is 1. The molecule has 1 heteroatoms. The van der Waals surface area contributed by atoms with Gasteiger partial charge in [-0.05, 0) is 18.1 Å². The average Bonchev–Trinajstić information content (AvgIpc) is 2.19. The van der Waals surface area contributed by atoms with E-state index in [0.29, 0.717) is 0 Å². The van der Waals surface area contributed by atoms with Crippen molar-refractivity contribution in [3.63, 3.8) is 0 Å². The highest BCUT2D eigenvalue weighted by Crippen LogP contribution is 1.93. The molecule has 0 aromatic carbocycles. The maximum atomic E-state index is 3.96. The molecule has 0 amide bonds. The number of hydrogen-bond donors (Lipinski definition) is 0. The minimum atomic E-state index is 1.08. The Kier molecular flexibility index (Phi) is 7.66. The van der Waals surface area contributed by atoms with Crippen molar-refractivity contribution in [2.45, 2.75) is 40.0 Å². The lowest BCUT2D eigenvalue weighted by molar-refractivity contribution is 0.886. The number of nitrogens with zero attached hydrogens (tertiary/aromatic N) is 1. The van der Waals surface area contributed by atoms with Crippen LogP contribution in [0.5, 0.6) is 0 Å². The van der Waals surface area contributed by atoms with Gasteiger partial charge in [-0.25, -0.2) is 0 Å². The van der Waals surface area contributed by atoms with Crippen LogP contribution in [0.2, 0.25) is 0 Å². The van der Waals surface area contributed by atoms with Gasteiger partial charge in [-0.3, -0.25) is 4.98 Å². The molecule has 0 N–H and O–H groups in total. The van der Waals surface area contributed by atoms with Crippen LogP contribution in [0.25, 0.3) is 0 Å². The Morgan fingerprint density at radius 2 is 1.83 bits per heavy atom. The molecule has 0 spiro atoms. The summed E-state index contributed by atoms with van der Waals surface area (Å²) in [6.45, 7) is 6.48. The van der Waals surface area contributed by atoms with Crippen LogP contribution >= 0.6 is 0 Å². The molecule has 0 aliphatic carbocycles. The fourth-order valence-corrected chi connectivity index (χ4v) is 0.607. The van der Waals surface area contributed by atoms with E-state index in [1.54, 1.807) is 6.20 Å². The van der Waals surface area contributed by atoms with Crippen LogP contribution in [0.1, 0.15) is 39.2 Å². The number of hydrogen-bond acceptors (Lipinski definition) is 1. The van der Waals surface area contributed by atoms with E-state index in [1.807, 2.05) is 12.3 Å². The third-order valence-electron chi connectivity index (χ3n) is 1.63. The fourth-order valence-electron chi connectivity index (χ4n) is 0.607. The lowest BCUT2D eigenvalue weighted by atomic mass is 10.2. The summed E-state index contributed by atoms with van der Waals surface area (Å²) in [4.78, 5) is 3.96. The molecule has 0 saturated heterocycles. The summed E-state index contributed by atoms with van der Waals surface area (Å²) < 4.78 is 0. The molecule has 1 rings (SSSR count). The first-order valence-corrected chi connectivity index (χ1v) is 4.74. The van der Waals surface area contributed by atoms with Gasteiger partial charge in [0, 0.05) is 12.4 Å².